The van der Waals surface area contributed by atoms with Gasteiger partial charge in [0, 0.05) is 56.3 Å². The predicted molar refractivity (Wildman–Crippen MR) is 175 cm³/mol. The van der Waals surface area contributed by atoms with Gasteiger partial charge >= 0.3 is 6.01 Å². The molecule has 2 aromatic heterocycles. The molecule has 0 unspecified atom stereocenters. The Morgan fingerprint density at radius 1 is 1.23 bits per heavy atom. The highest BCUT2D eigenvalue weighted by molar-refractivity contribution is 6.02. The Kier molecular flexibility index (Phi) is 8.00. The van der Waals surface area contributed by atoms with Gasteiger partial charge in [-0.05, 0) is 49.8 Å². The zero-order chi connectivity index (χ0) is 32.9. The van der Waals surface area contributed by atoms with Crippen molar-refractivity contribution in [1.82, 2.24) is 24.8 Å². The highest BCUT2D eigenvalue weighted by Crippen LogP contribution is 2.41. The lowest BCUT2D eigenvalue weighted by Crippen LogP contribution is -2.43. The van der Waals surface area contributed by atoms with Crippen LogP contribution < -0.4 is 9.64 Å². The monoisotopic (exact) mass is 640 g/mol. The lowest BCUT2D eigenvalue weighted by Gasteiger charge is -2.31. The van der Waals surface area contributed by atoms with E-state index in [1.807, 2.05) is 11.9 Å². The third-order valence-corrected chi connectivity index (χ3v) is 9.95. The molecule has 0 spiro atoms. The van der Waals surface area contributed by atoms with Crippen LogP contribution in [0.4, 0.5) is 19.0 Å². The van der Waals surface area contributed by atoms with Gasteiger partial charge < -0.3 is 14.5 Å². The first-order chi connectivity index (χ1) is 22.7. The number of benzene rings is 2. The lowest BCUT2D eigenvalue weighted by molar-refractivity contribution is -0.126. The number of pyridine rings is 1. The molecule has 1 amide bonds. The molecule has 0 N–H and O–H groups in total. The number of terminal acetylenes is 1. The van der Waals surface area contributed by atoms with Gasteiger partial charge in [-0.25, -0.2) is 13.2 Å². The van der Waals surface area contributed by atoms with Gasteiger partial charge in [0.25, 0.3) is 0 Å². The molecule has 5 heterocycles. The van der Waals surface area contributed by atoms with Crippen molar-refractivity contribution in [2.75, 3.05) is 44.7 Å². The molecule has 7 rings (SSSR count). The van der Waals surface area contributed by atoms with Crippen molar-refractivity contribution < 1.29 is 22.7 Å². The second kappa shape index (κ2) is 12.2. The molecule has 0 radical (unpaired) electrons. The maximum absolute atomic E-state index is 16.8. The fourth-order valence-electron chi connectivity index (χ4n) is 7.74. The van der Waals surface area contributed by atoms with E-state index in [2.05, 4.69) is 27.4 Å². The van der Waals surface area contributed by atoms with Crippen LogP contribution in [0.15, 0.2) is 49.2 Å². The van der Waals surface area contributed by atoms with Crippen LogP contribution in [0, 0.1) is 24.0 Å². The molecule has 3 saturated heterocycles. The Bertz CT molecular complexity index is 1950. The number of nitrogens with zero attached hydrogens (tertiary/aromatic N) is 6. The molecule has 3 atom stereocenters. The van der Waals surface area contributed by atoms with Gasteiger partial charge in [0.05, 0.1) is 16.5 Å². The van der Waals surface area contributed by atoms with Crippen LogP contribution in [0.3, 0.4) is 0 Å². The molecule has 0 aliphatic carbocycles. The summed E-state index contributed by atoms with van der Waals surface area (Å²) >= 11 is 0. The number of hydrogen-bond acceptors (Lipinski definition) is 7. The van der Waals surface area contributed by atoms with Gasteiger partial charge in [-0.15, -0.1) is 6.42 Å². The van der Waals surface area contributed by atoms with Crippen LogP contribution in [-0.4, -0.2) is 88.2 Å². The van der Waals surface area contributed by atoms with Gasteiger partial charge in [0.2, 0.25) is 5.91 Å². The number of alkyl halides is 1. The molecule has 3 aliphatic rings. The van der Waals surface area contributed by atoms with E-state index in [1.165, 1.54) is 18.3 Å². The summed E-state index contributed by atoms with van der Waals surface area (Å²) in [6, 6.07) is 7.90. The van der Waals surface area contributed by atoms with Gasteiger partial charge in [0.15, 0.2) is 5.82 Å². The third kappa shape index (κ3) is 5.34. The smallest absolute Gasteiger partial charge is 0.319 e. The van der Waals surface area contributed by atoms with Crippen molar-refractivity contribution in [2.24, 2.45) is 0 Å². The van der Waals surface area contributed by atoms with E-state index in [-0.39, 0.29) is 41.3 Å². The van der Waals surface area contributed by atoms with Crippen LogP contribution >= 0.6 is 0 Å². The Morgan fingerprint density at radius 3 is 2.89 bits per heavy atom. The first-order valence-electron chi connectivity index (χ1n) is 15.9. The fraction of sp³-hybridized carbons (Fsp3) is 0.389. The standard InChI is InChI=1S/C36H35F3N6O2/c1-4-25-28(38)13-12-22-9-6-11-26(30(22)25)32-31(39)33-27(18-40-32)34(43(3)20-24-10-7-16-45(24)29(46)5-2)42-35(41-33)47-21-36-14-8-15-44(36)19-23(37)17-36/h1,5-6,9,11-13,18,23-24H,2,7-8,10,14-17,19-21H2,3H3/t23-,24+,36+/m1/s1. The Morgan fingerprint density at radius 2 is 2.09 bits per heavy atom. The largest absolute Gasteiger partial charge is 0.461 e. The first-order valence-corrected chi connectivity index (χ1v) is 15.9. The van der Waals surface area contributed by atoms with Crippen LogP contribution in [0.2, 0.25) is 0 Å². The second-order valence-electron chi connectivity index (χ2n) is 12.8. The fourth-order valence-corrected chi connectivity index (χ4v) is 7.74. The van der Waals surface area contributed by atoms with Crippen molar-refractivity contribution in [3.8, 4) is 29.6 Å². The summed E-state index contributed by atoms with van der Waals surface area (Å²) in [5, 5.41) is 1.36. The van der Waals surface area contributed by atoms with Gasteiger partial charge in [-0.3, -0.25) is 14.7 Å². The molecule has 0 bridgehead atoms. The number of likely N-dealkylation sites (N-methyl/N-ethyl adjacent to an activating group) is 1. The molecule has 47 heavy (non-hydrogen) atoms. The van der Waals surface area contributed by atoms with E-state index in [0.29, 0.717) is 53.6 Å². The Hall–Kier alpha value is -4.69. The molecule has 2 aromatic carbocycles. The summed E-state index contributed by atoms with van der Waals surface area (Å²) < 4.78 is 52.3. The number of fused-ring (bicyclic) bond motifs is 3. The Labute approximate surface area is 271 Å². The summed E-state index contributed by atoms with van der Waals surface area (Å²) in [5.74, 6) is 1.32. The highest BCUT2D eigenvalue weighted by atomic mass is 19.1. The normalized spacial score (nSPS) is 22.5. The number of amides is 1. The van der Waals surface area contributed by atoms with Crippen LogP contribution in [0.1, 0.15) is 37.7 Å². The Balaban J connectivity index is 1.33. The maximum atomic E-state index is 16.8. The van der Waals surface area contributed by atoms with E-state index in [0.717, 1.165) is 32.2 Å². The number of carbonyl (C=O) groups is 1. The molecule has 3 fully saturated rings. The molecular weight excluding hydrogens is 605 g/mol. The van der Waals surface area contributed by atoms with Gasteiger partial charge in [-0.2, -0.15) is 9.97 Å². The quantitative estimate of drug-likeness (QED) is 0.182. The van der Waals surface area contributed by atoms with Gasteiger partial charge in [-0.1, -0.05) is 36.8 Å². The molecule has 3 aliphatic heterocycles. The molecule has 242 valence electrons. The van der Waals surface area contributed by atoms with Crippen molar-refractivity contribution in [3.63, 3.8) is 0 Å². The summed E-state index contributed by atoms with van der Waals surface area (Å²) in [4.78, 5) is 32.1. The van der Waals surface area contributed by atoms with Crippen LogP contribution in [-0.2, 0) is 4.79 Å². The minimum Gasteiger partial charge on any atom is -0.461 e. The van der Waals surface area contributed by atoms with Crippen molar-refractivity contribution >= 4 is 33.4 Å². The van der Waals surface area contributed by atoms with Crippen LogP contribution in [0.25, 0.3) is 32.9 Å². The van der Waals surface area contributed by atoms with E-state index in [4.69, 9.17) is 16.1 Å². The minimum atomic E-state index is -0.935. The average molecular weight is 641 g/mol. The number of likely N-dealkylation sites (tertiary alicyclic amines) is 1. The number of anilines is 1. The summed E-state index contributed by atoms with van der Waals surface area (Å²) in [5.41, 5.74) is -0.183. The minimum absolute atomic E-state index is 0.0184. The van der Waals surface area contributed by atoms with Crippen molar-refractivity contribution in [2.45, 2.75) is 49.9 Å². The van der Waals surface area contributed by atoms with Crippen LogP contribution in [0.5, 0.6) is 6.01 Å². The lowest BCUT2D eigenvalue weighted by atomic mass is 9.95. The number of aromatic nitrogens is 3. The highest BCUT2D eigenvalue weighted by Gasteiger charge is 2.49. The maximum Gasteiger partial charge on any atom is 0.319 e. The summed E-state index contributed by atoms with van der Waals surface area (Å²) in [6.07, 6.45) is 11.3. The number of hydrogen-bond donors (Lipinski definition) is 0. The first kappa shape index (κ1) is 30.9. The zero-order valence-corrected chi connectivity index (χ0v) is 26.2. The van der Waals surface area contributed by atoms with E-state index in [9.17, 15) is 13.6 Å². The summed E-state index contributed by atoms with van der Waals surface area (Å²) in [6.45, 7) is 6.02. The van der Waals surface area contributed by atoms with E-state index in [1.54, 1.807) is 29.2 Å². The predicted octanol–water partition coefficient (Wildman–Crippen LogP) is 5.67. The number of ether oxygens (including phenoxy) is 1. The number of halogens is 3. The van der Waals surface area contributed by atoms with Gasteiger partial charge in [0.1, 0.15) is 35.6 Å². The topological polar surface area (TPSA) is 74.7 Å². The zero-order valence-electron chi connectivity index (χ0n) is 26.2. The van der Waals surface area contributed by atoms with Crippen molar-refractivity contribution in [1.29, 1.82) is 0 Å². The number of rotatable bonds is 8. The molecule has 8 nitrogen and oxygen atoms in total. The molecule has 0 saturated carbocycles. The molecule has 4 aromatic rings. The molecular formula is C36H35F3N6O2. The van der Waals surface area contributed by atoms with E-state index < -0.39 is 23.3 Å². The van der Waals surface area contributed by atoms with Crippen molar-refractivity contribution in [3.05, 3.63) is 66.4 Å². The van der Waals surface area contributed by atoms with E-state index >= 15 is 4.39 Å². The number of carbonyl (C=O) groups excluding carboxylic acids is 1. The SMILES string of the molecule is C#Cc1c(F)ccc2cccc(-c3ncc4c(N(C)C[C@@H]5CCCN5C(=O)C=C)nc(OC[C@@]56CCCN5C[C@H](F)C6)nc4c3F)c12. The molecule has 11 heteroatoms. The average Bonchev–Trinajstić information content (AvgIpc) is 3.77. The third-order valence-electron chi connectivity index (χ3n) is 9.95. The summed E-state index contributed by atoms with van der Waals surface area (Å²) in [7, 11) is 1.82. The second-order valence-corrected chi connectivity index (χ2v) is 12.8.